The van der Waals surface area contributed by atoms with Crippen molar-refractivity contribution in [2.45, 2.75) is 31.9 Å². The molecule has 2 amide bonds. The SMILES string of the molecule is CC(C)(NC(=O)[C@H]1OCCc2ccccc21)C(=O)Nc1ccccc1. The molecule has 0 spiro atoms. The predicted octanol–water partition coefficient (Wildman–Crippen LogP) is 2.83. The summed E-state index contributed by atoms with van der Waals surface area (Å²) in [5, 5.41) is 5.63. The minimum absolute atomic E-state index is 0.281. The monoisotopic (exact) mass is 338 g/mol. The van der Waals surface area contributed by atoms with Gasteiger partial charge in [-0.3, -0.25) is 9.59 Å². The number of benzene rings is 2. The molecule has 0 unspecified atom stereocenters. The Morgan fingerprint density at radius 2 is 1.72 bits per heavy atom. The average Bonchev–Trinajstić information content (AvgIpc) is 2.61. The average molecular weight is 338 g/mol. The summed E-state index contributed by atoms with van der Waals surface area (Å²) in [5.41, 5.74) is 1.60. The van der Waals surface area contributed by atoms with Crippen LogP contribution in [-0.4, -0.2) is 24.0 Å². The number of amides is 2. The van der Waals surface area contributed by atoms with E-state index in [1.165, 1.54) is 0 Å². The van der Waals surface area contributed by atoms with Crippen molar-refractivity contribution >= 4 is 17.5 Å². The molecule has 130 valence electrons. The lowest BCUT2D eigenvalue weighted by molar-refractivity contribution is -0.138. The minimum Gasteiger partial charge on any atom is -0.363 e. The van der Waals surface area contributed by atoms with Gasteiger partial charge in [-0.25, -0.2) is 0 Å². The molecule has 1 heterocycles. The third-order valence-electron chi connectivity index (χ3n) is 4.27. The summed E-state index contributed by atoms with van der Waals surface area (Å²) in [6.45, 7) is 3.85. The van der Waals surface area contributed by atoms with E-state index in [-0.39, 0.29) is 11.8 Å². The number of fused-ring (bicyclic) bond motifs is 1. The van der Waals surface area contributed by atoms with Gasteiger partial charge in [0.05, 0.1) is 6.61 Å². The van der Waals surface area contributed by atoms with Gasteiger partial charge in [0.2, 0.25) is 5.91 Å². The van der Waals surface area contributed by atoms with Gasteiger partial charge < -0.3 is 15.4 Å². The largest absolute Gasteiger partial charge is 0.363 e. The van der Waals surface area contributed by atoms with Crippen LogP contribution in [0.4, 0.5) is 5.69 Å². The molecule has 0 saturated heterocycles. The van der Waals surface area contributed by atoms with E-state index in [1.54, 1.807) is 26.0 Å². The van der Waals surface area contributed by atoms with E-state index in [4.69, 9.17) is 4.74 Å². The Balaban J connectivity index is 1.70. The van der Waals surface area contributed by atoms with E-state index in [0.717, 1.165) is 17.5 Å². The minimum atomic E-state index is -1.07. The lowest BCUT2D eigenvalue weighted by atomic mass is 9.96. The van der Waals surface area contributed by atoms with Gasteiger partial charge in [0.15, 0.2) is 6.10 Å². The van der Waals surface area contributed by atoms with Crippen LogP contribution >= 0.6 is 0 Å². The summed E-state index contributed by atoms with van der Waals surface area (Å²) in [7, 11) is 0. The van der Waals surface area contributed by atoms with Gasteiger partial charge in [-0.1, -0.05) is 42.5 Å². The highest BCUT2D eigenvalue weighted by atomic mass is 16.5. The van der Waals surface area contributed by atoms with Crippen LogP contribution < -0.4 is 10.6 Å². The summed E-state index contributed by atoms with van der Waals surface area (Å²) >= 11 is 0. The zero-order chi connectivity index (χ0) is 17.9. The van der Waals surface area contributed by atoms with Crippen LogP contribution in [0.1, 0.15) is 31.1 Å². The van der Waals surface area contributed by atoms with Gasteiger partial charge in [-0.2, -0.15) is 0 Å². The fraction of sp³-hybridized carbons (Fsp3) is 0.300. The van der Waals surface area contributed by atoms with E-state index >= 15 is 0 Å². The second kappa shape index (κ2) is 7.07. The Bertz CT molecular complexity index is 772. The van der Waals surface area contributed by atoms with E-state index in [1.807, 2.05) is 42.5 Å². The van der Waals surface area contributed by atoms with Crippen molar-refractivity contribution in [3.63, 3.8) is 0 Å². The van der Waals surface area contributed by atoms with Crippen molar-refractivity contribution in [1.82, 2.24) is 5.32 Å². The highest BCUT2D eigenvalue weighted by Gasteiger charge is 2.34. The van der Waals surface area contributed by atoms with Gasteiger partial charge in [-0.05, 0) is 43.5 Å². The lowest BCUT2D eigenvalue weighted by Crippen LogP contribution is -2.54. The molecule has 5 heteroatoms. The molecule has 1 atom stereocenters. The first kappa shape index (κ1) is 17.2. The quantitative estimate of drug-likeness (QED) is 0.901. The zero-order valence-corrected chi connectivity index (χ0v) is 14.4. The van der Waals surface area contributed by atoms with Crippen molar-refractivity contribution in [1.29, 1.82) is 0 Å². The molecule has 2 aromatic carbocycles. The maximum absolute atomic E-state index is 12.7. The Morgan fingerprint density at radius 3 is 2.48 bits per heavy atom. The van der Waals surface area contributed by atoms with Crippen LogP contribution in [0.2, 0.25) is 0 Å². The van der Waals surface area contributed by atoms with Gasteiger partial charge >= 0.3 is 0 Å². The summed E-state index contributed by atoms with van der Waals surface area (Å²) < 4.78 is 5.67. The smallest absolute Gasteiger partial charge is 0.254 e. The standard InChI is InChI=1S/C20H22N2O3/c1-20(2,19(24)21-15-9-4-3-5-10-15)22-18(23)17-16-11-7-6-8-14(16)12-13-25-17/h3-11,17H,12-13H2,1-2H3,(H,21,24)(H,22,23)/t17-/m0/s1. The molecule has 0 aliphatic carbocycles. The molecule has 2 aromatic rings. The number of nitrogens with one attached hydrogen (secondary N) is 2. The maximum atomic E-state index is 12.7. The molecule has 25 heavy (non-hydrogen) atoms. The molecule has 1 aliphatic heterocycles. The highest BCUT2D eigenvalue weighted by molar-refractivity contribution is 6.00. The molecule has 0 fully saturated rings. The number of ether oxygens (including phenoxy) is 1. The molecule has 2 N–H and O–H groups in total. The molecule has 5 nitrogen and oxygen atoms in total. The molecule has 0 aromatic heterocycles. The number of carbonyl (C=O) groups is 2. The molecule has 0 saturated carbocycles. The summed E-state index contributed by atoms with van der Waals surface area (Å²) in [6, 6.07) is 16.9. The van der Waals surface area contributed by atoms with Crippen LogP contribution in [0.15, 0.2) is 54.6 Å². The van der Waals surface area contributed by atoms with Crippen LogP contribution in [0, 0.1) is 0 Å². The third-order valence-corrected chi connectivity index (χ3v) is 4.27. The first-order valence-corrected chi connectivity index (χ1v) is 8.35. The first-order valence-electron chi connectivity index (χ1n) is 8.35. The molecule has 1 aliphatic rings. The normalized spacial score (nSPS) is 16.6. The predicted molar refractivity (Wildman–Crippen MR) is 96.1 cm³/mol. The third kappa shape index (κ3) is 3.88. The van der Waals surface area contributed by atoms with Gasteiger partial charge in [0, 0.05) is 5.69 Å². The molecule has 0 radical (unpaired) electrons. The molecule has 3 rings (SSSR count). The Kier molecular flexibility index (Phi) is 4.86. The fourth-order valence-corrected chi connectivity index (χ4v) is 2.85. The second-order valence-electron chi connectivity index (χ2n) is 6.63. The number of hydrogen-bond donors (Lipinski definition) is 2. The van der Waals surface area contributed by atoms with Crippen LogP contribution in [0.25, 0.3) is 0 Å². The number of rotatable bonds is 4. The van der Waals surface area contributed by atoms with Gasteiger partial charge in [0.1, 0.15) is 5.54 Å². The Hall–Kier alpha value is -2.66. The lowest BCUT2D eigenvalue weighted by Gasteiger charge is -2.30. The van der Waals surface area contributed by atoms with E-state index in [9.17, 15) is 9.59 Å². The summed E-state index contributed by atoms with van der Waals surface area (Å²) in [6.07, 6.45) is 0.103. The van der Waals surface area contributed by atoms with Crippen molar-refractivity contribution < 1.29 is 14.3 Å². The number of para-hydroxylation sites is 1. The van der Waals surface area contributed by atoms with Crippen LogP contribution in [-0.2, 0) is 20.7 Å². The first-order chi connectivity index (χ1) is 12.0. The van der Waals surface area contributed by atoms with E-state index in [0.29, 0.717) is 12.3 Å². The summed E-state index contributed by atoms with van der Waals surface area (Å²) in [5.74, 6) is -0.587. The Morgan fingerprint density at radius 1 is 1.04 bits per heavy atom. The number of hydrogen-bond acceptors (Lipinski definition) is 3. The van der Waals surface area contributed by atoms with Crippen molar-refractivity contribution in [3.8, 4) is 0 Å². The fourth-order valence-electron chi connectivity index (χ4n) is 2.85. The van der Waals surface area contributed by atoms with Gasteiger partial charge in [-0.15, -0.1) is 0 Å². The maximum Gasteiger partial charge on any atom is 0.254 e. The van der Waals surface area contributed by atoms with Crippen molar-refractivity contribution in [3.05, 3.63) is 65.7 Å². The molecular weight excluding hydrogens is 316 g/mol. The molecular formula is C20H22N2O3. The van der Waals surface area contributed by atoms with Gasteiger partial charge in [0.25, 0.3) is 5.91 Å². The van der Waals surface area contributed by atoms with E-state index < -0.39 is 11.6 Å². The molecule has 0 bridgehead atoms. The number of carbonyl (C=O) groups excluding carboxylic acids is 2. The number of anilines is 1. The second-order valence-corrected chi connectivity index (χ2v) is 6.63. The summed E-state index contributed by atoms with van der Waals surface area (Å²) in [4.78, 5) is 25.2. The Labute approximate surface area is 147 Å². The topological polar surface area (TPSA) is 67.4 Å². The van der Waals surface area contributed by atoms with Crippen molar-refractivity contribution in [2.75, 3.05) is 11.9 Å². The van der Waals surface area contributed by atoms with Crippen molar-refractivity contribution in [2.24, 2.45) is 0 Å². The zero-order valence-electron chi connectivity index (χ0n) is 14.4. The highest BCUT2D eigenvalue weighted by Crippen LogP contribution is 2.27. The van der Waals surface area contributed by atoms with Crippen LogP contribution in [0.5, 0.6) is 0 Å². The van der Waals surface area contributed by atoms with Crippen LogP contribution in [0.3, 0.4) is 0 Å². The van der Waals surface area contributed by atoms with E-state index in [2.05, 4.69) is 10.6 Å².